The van der Waals surface area contributed by atoms with Crippen LogP contribution in [0.3, 0.4) is 0 Å². The standard InChI is InChI=1S/C7H3BrClN3/c8-6-1-4-5(2-10-6)11-3-12-7(4)9/h1-3H. The second kappa shape index (κ2) is 2.95. The number of halogens is 2. The third-order valence-corrected chi connectivity index (χ3v) is 2.17. The van der Waals surface area contributed by atoms with Crippen LogP contribution < -0.4 is 0 Å². The summed E-state index contributed by atoms with van der Waals surface area (Å²) in [5.74, 6) is 0. The molecule has 0 aliphatic rings. The van der Waals surface area contributed by atoms with Gasteiger partial charge in [0.15, 0.2) is 0 Å². The average Bonchev–Trinajstić information content (AvgIpc) is 2.07. The molecule has 0 N–H and O–H groups in total. The molecule has 2 rings (SSSR count). The zero-order valence-electron chi connectivity index (χ0n) is 5.83. The first kappa shape index (κ1) is 7.89. The molecule has 60 valence electrons. The summed E-state index contributed by atoms with van der Waals surface area (Å²) in [6.45, 7) is 0. The second-order valence-corrected chi connectivity index (χ2v) is 3.36. The van der Waals surface area contributed by atoms with E-state index in [4.69, 9.17) is 11.6 Å². The smallest absolute Gasteiger partial charge is 0.140 e. The number of hydrogen-bond acceptors (Lipinski definition) is 3. The first-order chi connectivity index (χ1) is 5.77. The highest BCUT2D eigenvalue weighted by Gasteiger charge is 2.01. The van der Waals surface area contributed by atoms with E-state index in [-0.39, 0.29) is 0 Å². The van der Waals surface area contributed by atoms with Crippen molar-refractivity contribution >= 4 is 38.4 Å². The van der Waals surface area contributed by atoms with Gasteiger partial charge < -0.3 is 0 Å². The van der Waals surface area contributed by atoms with Crippen molar-refractivity contribution in [2.24, 2.45) is 0 Å². The number of rotatable bonds is 0. The summed E-state index contributed by atoms with van der Waals surface area (Å²) in [6.07, 6.45) is 3.06. The Balaban J connectivity index is 2.88. The van der Waals surface area contributed by atoms with Gasteiger partial charge in [-0.25, -0.2) is 15.0 Å². The maximum atomic E-state index is 5.83. The molecule has 12 heavy (non-hydrogen) atoms. The van der Waals surface area contributed by atoms with Gasteiger partial charge >= 0.3 is 0 Å². The first-order valence-electron chi connectivity index (χ1n) is 3.19. The molecule has 2 heterocycles. The number of pyridine rings is 1. The molecule has 0 amide bonds. The van der Waals surface area contributed by atoms with Crippen LogP contribution in [0.5, 0.6) is 0 Å². The fourth-order valence-corrected chi connectivity index (χ4v) is 1.43. The van der Waals surface area contributed by atoms with Gasteiger partial charge in [-0.1, -0.05) is 11.6 Å². The van der Waals surface area contributed by atoms with Gasteiger partial charge in [-0.3, -0.25) is 0 Å². The van der Waals surface area contributed by atoms with E-state index in [9.17, 15) is 0 Å². The maximum Gasteiger partial charge on any atom is 0.140 e. The van der Waals surface area contributed by atoms with E-state index in [0.29, 0.717) is 5.15 Å². The number of hydrogen-bond donors (Lipinski definition) is 0. The maximum absolute atomic E-state index is 5.83. The molecule has 0 saturated carbocycles. The Bertz CT molecular complexity index is 432. The van der Waals surface area contributed by atoms with Gasteiger partial charge in [0.05, 0.1) is 11.7 Å². The highest BCUT2D eigenvalue weighted by atomic mass is 79.9. The number of aromatic nitrogens is 3. The summed E-state index contributed by atoms with van der Waals surface area (Å²) in [6, 6.07) is 1.79. The summed E-state index contributed by atoms with van der Waals surface area (Å²) in [7, 11) is 0. The second-order valence-electron chi connectivity index (χ2n) is 2.19. The summed E-state index contributed by atoms with van der Waals surface area (Å²) in [4.78, 5) is 11.9. The van der Waals surface area contributed by atoms with Crippen molar-refractivity contribution < 1.29 is 0 Å². The first-order valence-corrected chi connectivity index (χ1v) is 4.36. The van der Waals surface area contributed by atoms with Crippen LogP contribution >= 0.6 is 27.5 Å². The van der Waals surface area contributed by atoms with Gasteiger partial charge in [-0.2, -0.15) is 0 Å². The van der Waals surface area contributed by atoms with Crippen molar-refractivity contribution in [2.75, 3.05) is 0 Å². The topological polar surface area (TPSA) is 38.7 Å². The normalized spacial score (nSPS) is 10.5. The Morgan fingerprint density at radius 1 is 1.25 bits per heavy atom. The van der Waals surface area contributed by atoms with Gasteiger partial charge in [-0.05, 0) is 22.0 Å². The Kier molecular flexibility index (Phi) is 1.94. The average molecular weight is 244 g/mol. The molecule has 5 heteroatoms. The van der Waals surface area contributed by atoms with Crippen LogP contribution in [0.15, 0.2) is 23.2 Å². The van der Waals surface area contributed by atoms with Crippen LogP contribution in [0.2, 0.25) is 5.15 Å². The molecule has 0 aliphatic carbocycles. The Hall–Kier alpha value is -0.740. The lowest BCUT2D eigenvalue weighted by molar-refractivity contribution is 1.19. The van der Waals surface area contributed by atoms with Crippen molar-refractivity contribution in [2.45, 2.75) is 0 Å². The highest BCUT2D eigenvalue weighted by Crippen LogP contribution is 2.20. The fourth-order valence-electron chi connectivity index (χ4n) is 0.902. The Labute approximate surface area is 81.9 Å². The number of nitrogens with zero attached hydrogens (tertiary/aromatic N) is 3. The minimum absolute atomic E-state index is 0.447. The van der Waals surface area contributed by atoms with Gasteiger partial charge in [0.1, 0.15) is 16.1 Å². The predicted octanol–water partition coefficient (Wildman–Crippen LogP) is 2.44. The van der Waals surface area contributed by atoms with Crippen molar-refractivity contribution in [3.05, 3.63) is 28.3 Å². The van der Waals surface area contributed by atoms with Crippen molar-refractivity contribution in [1.29, 1.82) is 0 Å². The van der Waals surface area contributed by atoms with Gasteiger partial charge in [0.25, 0.3) is 0 Å². The van der Waals surface area contributed by atoms with Crippen LogP contribution in [0.4, 0.5) is 0 Å². The molecular weight excluding hydrogens is 241 g/mol. The molecule has 3 nitrogen and oxygen atoms in total. The summed E-state index contributed by atoms with van der Waals surface area (Å²) < 4.78 is 0.728. The molecule has 0 radical (unpaired) electrons. The molecule has 2 aromatic heterocycles. The van der Waals surface area contributed by atoms with E-state index >= 15 is 0 Å². The molecule has 0 unspecified atom stereocenters. The van der Waals surface area contributed by atoms with E-state index in [2.05, 4.69) is 30.9 Å². The quantitative estimate of drug-likeness (QED) is 0.528. The Morgan fingerprint density at radius 3 is 2.92 bits per heavy atom. The van der Waals surface area contributed by atoms with Gasteiger partial charge in [0.2, 0.25) is 0 Å². The molecule has 0 fully saturated rings. The lowest BCUT2D eigenvalue weighted by Crippen LogP contribution is -1.85. The van der Waals surface area contributed by atoms with E-state index in [1.54, 1.807) is 12.3 Å². The number of fused-ring (bicyclic) bond motifs is 1. The molecule has 2 aromatic rings. The van der Waals surface area contributed by atoms with Crippen LogP contribution in [0.1, 0.15) is 0 Å². The summed E-state index contributed by atoms with van der Waals surface area (Å²) in [5.41, 5.74) is 0.748. The zero-order chi connectivity index (χ0) is 8.55. The van der Waals surface area contributed by atoms with E-state index in [1.165, 1.54) is 6.33 Å². The van der Waals surface area contributed by atoms with Crippen molar-refractivity contribution in [3.63, 3.8) is 0 Å². The van der Waals surface area contributed by atoms with Crippen molar-refractivity contribution in [1.82, 2.24) is 15.0 Å². The highest BCUT2D eigenvalue weighted by molar-refractivity contribution is 9.10. The summed E-state index contributed by atoms with van der Waals surface area (Å²) >= 11 is 9.07. The minimum atomic E-state index is 0.447. The third-order valence-electron chi connectivity index (χ3n) is 1.44. The molecule has 0 saturated heterocycles. The van der Waals surface area contributed by atoms with E-state index in [0.717, 1.165) is 15.5 Å². The van der Waals surface area contributed by atoms with E-state index in [1.807, 2.05) is 0 Å². The fraction of sp³-hybridized carbons (Fsp3) is 0. The molecule has 0 aromatic carbocycles. The van der Waals surface area contributed by atoms with Crippen LogP contribution in [0.25, 0.3) is 10.9 Å². The van der Waals surface area contributed by atoms with Crippen LogP contribution in [0, 0.1) is 0 Å². The van der Waals surface area contributed by atoms with E-state index < -0.39 is 0 Å². The molecule has 0 bridgehead atoms. The van der Waals surface area contributed by atoms with Crippen molar-refractivity contribution in [3.8, 4) is 0 Å². The van der Waals surface area contributed by atoms with Crippen LogP contribution in [-0.2, 0) is 0 Å². The lowest BCUT2D eigenvalue weighted by Gasteiger charge is -1.97. The molecule has 0 aliphatic heterocycles. The Morgan fingerprint density at radius 2 is 2.08 bits per heavy atom. The predicted molar refractivity (Wildman–Crippen MR) is 50.0 cm³/mol. The third kappa shape index (κ3) is 1.28. The molecule has 0 spiro atoms. The molecular formula is C7H3BrClN3. The lowest BCUT2D eigenvalue weighted by atomic mass is 10.3. The largest absolute Gasteiger partial charge is 0.247 e. The monoisotopic (exact) mass is 243 g/mol. The van der Waals surface area contributed by atoms with Gasteiger partial charge in [-0.15, -0.1) is 0 Å². The molecule has 0 atom stereocenters. The SMILES string of the molecule is Clc1ncnc2cnc(Br)cc12. The zero-order valence-corrected chi connectivity index (χ0v) is 8.17. The van der Waals surface area contributed by atoms with Crippen LogP contribution in [-0.4, -0.2) is 15.0 Å². The minimum Gasteiger partial charge on any atom is -0.247 e. The summed E-state index contributed by atoms with van der Waals surface area (Å²) in [5, 5.41) is 1.25. The van der Waals surface area contributed by atoms with Gasteiger partial charge in [0, 0.05) is 5.39 Å².